The molecule has 1 fully saturated rings. The van der Waals surface area contributed by atoms with Gasteiger partial charge < -0.3 is 9.72 Å². The molecule has 1 aliphatic rings. The Labute approximate surface area is 135 Å². The van der Waals surface area contributed by atoms with Gasteiger partial charge in [0.25, 0.3) is 0 Å². The molecule has 2 aromatic carbocycles. The van der Waals surface area contributed by atoms with Crippen LogP contribution >= 0.6 is 0 Å². The number of aromatic nitrogens is 1. The molecule has 2 heterocycles. The number of fused-ring (bicyclic) bond motifs is 3. The van der Waals surface area contributed by atoms with E-state index in [0.717, 1.165) is 11.0 Å². The van der Waals surface area contributed by atoms with Gasteiger partial charge in [0.1, 0.15) is 11.9 Å². The molecule has 3 heteroatoms. The van der Waals surface area contributed by atoms with Crippen molar-refractivity contribution in [3.63, 3.8) is 0 Å². The Morgan fingerprint density at radius 1 is 1.17 bits per heavy atom. The van der Waals surface area contributed by atoms with Crippen molar-refractivity contribution in [3.05, 3.63) is 60.4 Å². The third-order valence-electron chi connectivity index (χ3n) is 4.75. The number of rotatable bonds is 2. The van der Waals surface area contributed by atoms with Gasteiger partial charge in [-0.15, -0.1) is 0 Å². The predicted octanol–water partition coefficient (Wildman–Crippen LogP) is 4.69. The van der Waals surface area contributed by atoms with Crippen LogP contribution < -0.4 is 0 Å². The lowest BCUT2D eigenvalue weighted by molar-refractivity contribution is -0.125. The van der Waals surface area contributed by atoms with E-state index in [1.54, 1.807) is 0 Å². The number of hydrogen-bond donors (Lipinski definition) is 1. The van der Waals surface area contributed by atoms with Crippen LogP contribution in [0.3, 0.4) is 0 Å². The van der Waals surface area contributed by atoms with E-state index in [4.69, 9.17) is 4.74 Å². The molecule has 1 aliphatic heterocycles. The fourth-order valence-electron chi connectivity index (χ4n) is 3.46. The molecule has 116 valence electrons. The summed E-state index contributed by atoms with van der Waals surface area (Å²) in [6, 6.07) is 14.8. The second-order valence-electron chi connectivity index (χ2n) is 6.38. The van der Waals surface area contributed by atoms with Gasteiger partial charge in [0.05, 0.1) is 12.2 Å². The maximum atomic E-state index is 11.8. The van der Waals surface area contributed by atoms with Crippen LogP contribution in [0.5, 0.6) is 0 Å². The summed E-state index contributed by atoms with van der Waals surface area (Å²) < 4.78 is 5.83. The topological polar surface area (TPSA) is 42.1 Å². The standard InChI is InChI=1S/C20H19NO2/c1-12-9-15(22)11-20(23-12)13(2)14-7-8-19-17(10-14)16-5-3-4-6-18(16)21-19/h3-8,10,13,20-21H,1,9,11H2,2H3. The van der Waals surface area contributed by atoms with Gasteiger partial charge in [-0.25, -0.2) is 0 Å². The SMILES string of the molecule is C=C1CC(=O)CC(C(C)c2ccc3[nH]c4ccccc4c3c2)O1. The normalized spacial score (nSPS) is 20.0. The Morgan fingerprint density at radius 3 is 2.78 bits per heavy atom. The Morgan fingerprint density at radius 2 is 1.96 bits per heavy atom. The molecule has 3 nitrogen and oxygen atoms in total. The molecule has 0 amide bonds. The Kier molecular flexibility index (Phi) is 3.22. The highest BCUT2D eigenvalue weighted by Crippen LogP contribution is 2.33. The van der Waals surface area contributed by atoms with E-state index in [2.05, 4.69) is 54.9 Å². The van der Waals surface area contributed by atoms with E-state index in [0.29, 0.717) is 18.6 Å². The lowest BCUT2D eigenvalue weighted by Crippen LogP contribution is -2.28. The number of H-pyrrole nitrogens is 1. The third kappa shape index (κ3) is 2.42. The van der Waals surface area contributed by atoms with Crippen LogP contribution in [0.25, 0.3) is 21.8 Å². The third-order valence-corrected chi connectivity index (χ3v) is 4.75. The van der Waals surface area contributed by atoms with Crippen molar-refractivity contribution < 1.29 is 9.53 Å². The molecule has 3 aromatic rings. The second kappa shape index (κ2) is 5.27. The summed E-state index contributed by atoms with van der Waals surface area (Å²) in [5, 5.41) is 2.44. The lowest BCUT2D eigenvalue weighted by Gasteiger charge is -2.29. The molecule has 0 bridgehead atoms. The van der Waals surface area contributed by atoms with Crippen LogP contribution in [0.1, 0.15) is 31.2 Å². The van der Waals surface area contributed by atoms with Gasteiger partial charge in [0.15, 0.2) is 0 Å². The number of para-hydroxylation sites is 1. The zero-order valence-electron chi connectivity index (χ0n) is 13.1. The summed E-state index contributed by atoms with van der Waals surface area (Å²) in [7, 11) is 0. The van der Waals surface area contributed by atoms with Crippen LogP contribution in [-0.2, 0) is 9.53 Å². The summed E-state index contributed by atoms with van der Waals surface area (Å²) in [5.41, 5.74) is 3.46. The number of ether oxygens (including phenoxy) is 1. The summed E-state index contributed by atoms with van der Waals surface area (Å²) in [5.74, 6) is 0.951. The largest absolute Gasteiger partial charge is 0.494 e. The molecular weight excluding hydrogens is 286 g/mol. The molecule has 23 heavy (non-hydrogen) atoms. The highest BCUT2D eigenvalue weighted by Gasteiger charge is 2.29. The van der Waals surface area contributed by atoms with Crippen LogP contribution in [0.4, 0.5) is 0 Å². The molecule has 1 aromatic heterocycles. The van der Waals surface area contributed by atoms with Gasteiger partial charge in [0.2, 0.25) is 0 Å². The summed E-state index contributed by atoms with van der Waals surface area (Å²) in [6.07, 6.45) is 0.697. The Bertz CT molecular complexity index is 906. The molecule has 2 atom stereocenters. The first-order valence-electron chi connectivity index (χ1n) is 7.98. The van der Waals surface area contributed by atoms with Crippen molar-refractivity contribution in [1.82, 2.24) is 4.98 Å². The maximum absolute atomic E-state index is 11.8. The van der Waals surface area contributed by atoms with Crippen molar-refractivity contribution >= 4 is 27.6 Å². The van der Waals surface area contributed by atoms with Crippen LogP contribution in [-0.4, -0.2) is 16.9 Å². The van der Waals surface area contributed by atoms with Gasteiger partial charge in [-0.2, -0.15) is 0 Å². The molecule has 0 aliphatic carbocycles. The highest BCUT2D eigenvalue weighted by molar-refractivity contribution is 6.07. The second-order valence-corrected chi connectivity index (χ2v) is 6.38. The smallest absolute Gasteiger partial charge is 0.144 e. The van der Waals surface area contributed by atoms with Crippen molar-refractivity contribution in [2.75, 3.05) is 0 Å². The average Bonchev–Trinajstić information content (AvgIpc) is 2.91. The fraction of sp³-hybridized carbons (Fsp3) is 0.250. The van der Waals surface area contributed by atoms with Crippen LogP contribution in [0.2, 0.25) is 0 Å². The Hall–Kier alpha value is -2.55. The first-order valence-corrected chi connectivity index (χ1v) is 7.98. The predicted molar refractivity (Wildman–Crippen MR) is 92.5 cm³/mol. The summed E-state index contributed by atoms with van der Waals surface area (Å²) in [6.45, 7) is 5.94. The van der Waals surface area contributed by atoms with E-state index < -0.39 is 0 Å². The average molecular weight is 305 g/mol. The zero-order chi connectivity index (χ0) is 16.0. The quantitative estimate of drug-likeness (QED) is 0.746. The van der Waals surface area contributed by atoms with E-state index in [-0.39, 0.29) is 17.8 Å². The summed E-state index contributed by atoms with van der Waals surface area (Å²) >= 11 is 0. The minimum Gasteiger partial charge on any atom is -0.494 e. The Balaban J connectivity index is 1.74. The van der Waals surface area contributed by atoms with Gasteiger partial charge in [-0.3, -0.25) is 4.79 Å². The number of allylic oxidation sites excluding steroid dienone is 1. The van der Waals surface area contributed by atoms with Gasteiger partial charge in [-0.1, -0.05) is 37.8 Å². The van der Waals surface area contributed by atoms with Gasteiger partial charge in [-0.05, 0) is 23.8 Å². The molecule has 2 unspecified atom stereocenters. The van der Waals surface area contributed by atoms with E-state index in [9.17, 15) is 4.79 Å². The monoisotopic (exact) mass is 305 g/mol. The molecule has 4 rings (SSSR count). The van der Waals surface area contributed by atoms with Crippen LogP contribution in [0, 0.1) is 0 Å². The van der Waals surface area contributed by atoms with E-state index >= 15 is 0 Å². The molecule has 1 saturated heterocycles. The number of ketones is 1. The lowest BCUT2D eigenvalue weighted by atomic mass is 9.89. The minimum atomic E-state index is -0.119. The van der Waals surface area contributed by atoms with Crippen molar-refractivity contribution in [3.8, 4) is 0 Å². The zero-order valence-corrected chi connectivity index (χ0v) is 13.1. The highest BCUT2D eigenvalue weighted by atomic mass is 16.5. The van der Waals surface area contributed by atoms with E-state index in [1.807, 2.05) is 6.07 Å². The molecule has 0 saturated carbocycles. The number of carbonyl (C=O) groups is 1. The number of carbonyl (C=O) groups excluding carboxylic acids is 1. The summed E-state index contributed by atoms with van der Waals surface area (Å²) in [4.78, 5) is 15.3. The molecule has 0 spiro atoms. The minimum absolute atomic E-state index is 0.119. The molecule has 1 N–H and O–H groups in total. The van der Waals surface area contributed by atoms with Gasteiger partial charge >= 0.3 is 0 Å². The first-order chi connectivity index (χ1) is 11.1. The number of benzene rings is 2. The maximum Gasteiger partial charge on any atom is 0.144 e. The van der Waals surface area contributed by atoms with Gasteiger partial charge in [0, 0.05) is 34.1 Å². The van der Waals surface area contributed by atoms with Crippen molar-refractivity contribution in [2.24, 2.45) is 0 Å². The first kappa shape index (κ1) is 14.1. The fourth-order valence-corrected chi connectivity index (χ4v) is 3.46. The van der Waals surface area contributed by atoms with Crippen molar-refractivity contribution in [1.29, 1.82) is 0 Å². The number of Topliss-reactive ketones (excluding diaryl/α,β-unsaturated/α-hetero) is 1. The van der Waals surface area contributed by atoms with Crippen molar-refractivity contribution in [2.45, 2.75) is 31.8 Å². The van der Waals surface area contributed by atoms with Crippen LogP contribution in [0.15, 0.2) is 54.8 Å². The molecule has 0 radical (unpaired) electrons. The number of nitrogens with one attached hydrogen (secondary N) is 1. The number of hydrogen-bond acceptors (Lipinski definition) is 2. The number of aromatic amines is 1. The molecular formula is C20H19NO2. The van der Waals surface area contributed by atoms with E-state index in [1.165, 1.54) is 16.3 Å².